The van der Waals surface area contributed by atoms with Gasteiger partial charge in [0.2, 0.25) is 0 Å². The zero-order valence-corrected chi connectivity index (χ0v) is 16.1. The zero-order valence-electron chi connectivity index (χ0n) is 16.1. The first-order valence-electron chi connectivity index (χ1n) is 9.59. The number of unbranched alkanes of at least 4 members (excludes halogenated alkanes) is 4. The van der Waals surface area contributed by atoms with Gasteiger partial charge in [0.1, 0.15) is 18.4 Å². The summed E-state index contributed by atoms with van der Waals surface area (Å²) in [6, 6.07) is 10.8. The fourth-order valence-corrected chi connectivity index (χ4v) is 2.98. The molecule has 0 radical (unpaired) electrons. The number of phenols is 1. The second-order valence-electron chi connectivity index (χ2n) is 6.63. The van der Waals surface area contributed by atoms with Crippen LogP contribution in [0.3, 0.4) is 0 Å². The predicted octanol–water partition coefficient (Wildman–Crippen LogP) is 4.59. The molecule has 0 spiro atoms. The summed E-state index contributed by atoms with van der Waals surface area (Å²) >= 11 is 0. The number of benzene rings is 2. The highest BCUT2D eigenvalue weighted by Gasteiger charge is 2.11. The van der Waals surface area contributed by atoms with Crippen molar-refractivity contribution in [1.29, 1.82) is 0 Å². The van der Waals surface area contributed by atoms with Gasteiger partial charge in [-0.25, -0.2) is 9.97 Å². The minimum Gasteiger partial charge on any atom is -0.504 e. The second kappa shape index (κ2) is 10.1. The lowest BCUT2D eigenvalue weighted by atomic mass is 10.1. The van der Waals surface area contributed by atoms with E-state index in [2.05, 4.69) is 21.2 Å². The summed E-state index contributed by atoms with van der Waals surface area (Å²) in [6.45, 7) is 0.487. The Morgan fingerprint density at radius 2 is 2.00 bits per heavy atom. The van der Waals surface area contributed by atoms with E-state index in [9.17, 15) is 9.90 Å². The molecule has 0 saturated carbocycles. The van der Waals surface area contributed by atoms with E-state index in [-0.39, 0.29) is 5.75 Å². The van der Waals surface area contributed by atoms with Crippen molar-refractivity contribution in [3.63, 3.8) is 0 Å². The minimum atomic E-state index is 0.0393. The molecule has 6 heteroatoms. The van der Waals surface area contributed by atoms with Gasteiger partial charge in [0, 0.05) is 29.1 Å². The van der Waals surface area contributed by atoms with Gasteiger partial charge in [-0.1, -0.05) is 24.8 Å². The van der Waals surface area contributed by atoms with Crippen molar-refractivity contribution in [1.82, 2.24) is 9.97 Å². The highest BCUT2D eigenvalue weighted by molar-refractivity contribution is 5.93. The molecule has 0 aliphatic carbocycles. The van der Waals surface area contributed by atoms with Gasteiger partial charge in [0.25, 0.3) is 0 Å². The Kier molecular flexibility index (Phi) is 7.01. The van der Waals surface area contributed by atoms with Gasteiger partial charge in [-0.3, -0.25) is 0 Å². The summed E-state index contributed by atoms with van der Waals surface area (Å²) in [6.07, 6.45) is 12.2. The van der Waals surface area contributed by atoms with Crippen LogP contribution in [-0.2, 0) is 4.79 Å². The Bertz CT molecular complexity index is 1030. The minimum absolute atomic E-state index is 0.0393. The van der Waals surface area contributed by atoms with Crippen LogP contribution in [0.15, 0.2) is 42.7 Å². The number of phenolic OH excluding ortho intramolecular Hbond substituents is 1. The van der Waals surface area contributed by atoms with Gasteiger partial charge in [0.05, 0.1) is 12.1 Å². The van der Waals surface area contributed by atoms with Crippen LogP contribution < -0.4 is 10.1 Å². The SMILES string of the molecule is C#Cc1cccc(Nc2ncnc3cc(O)c(OCCCCCCC=O)cc23)c1. The summed E-state index contributed by atoms with van der Waals surface area (Å²) in [5, 5.41) is 14.2. The number of carbonyl (C=O) groups is 1. The number of aldehydes is 1. The lowest BCUT2D eigenvalue weighted by Gasteiger charge is -2.12. The Labute approximate surface area is 170 Å². The molecule has 0 fully saturated rings. The van der Waals surface area contributed by atoms with Crippen LogP contribution in [-0.4, -0.2) is 28.0 Å². The summed E-state index contributed by atoms with van der Waals surface area (Å²) in [4.78, 5) is 18.9. The van der Waals surface area contributed by atoms with E-state index in [1.165, 1.54) is 6.33 Å². The molecule has 29 heavy (non-hydrogen) atoms. The molecule has 148 valence electrons. The summed E-state index contributed by atoms with van der Waals surface area (Å²) < 4.78 is 5.76. The molecule has 6 nitrogen and oxygen atoms in total. The standard InChI is InChI=1S/C23H23N3O3/c1-2-17-9-8-10-18(13-17)26-23-19-14-22(21(28)15-20(19)24-16-25-23)29-12-7-5-3-4-6-11-27/h1,8-11,13-16,28H,3-7,12H2,(H,24,25,26). The van der Waals surface area contributed by atoms with E-state index >= 15 is 0 Å². The lowest BCUT2D eigenvalue weighted by Crippen LogP contribution is -2.00. The van der Waals surface area contributed by atoms with Crippen molar-refractivity contribution < 1.29 is 14.6 Å². The summed E-state index contributed by atoms with van der Waals surface area (Å²) in [5.41, 5.74) is 2.18. The van der Waals surface area contributed by atoms with Crippen molar-refractivity contribution in [2.75, 3.05) is 11.9 Å². The third kappa shape index (κ3) is 5.45. The highest BCUT2D eigenvalue weighted by atomic mass is 16.5. The first-order chi connectivity index (χ1) is 14.2. The quantitative estimate of drug-likeness (QED) is 0.300. The molecule has 0 unspecified atom stereocenters. The molecule has 1 aromatic heterocycles. The first kappa shape index (κ1) is 20.2. The van der Waals surface area contributed by atoms with Crippen LogP contribution in [0.25, 0.3) is 10.9 Å². The third-order valence-electron chi connectivity index (χ3n) is 4.48. The second-order valence-corrected chi connectivity index (χ2v) is 6.63. The number of nitrogens with one attached hydrogen (secondary N) is 1. The molecule has 0 amide bonds. The topological polar surface area (TPSA) is 84.3 Å². The average molecular weight is 389 g/mol. The van der Waals surface area contributed by atoms with Crippen LogP contribution >= 0.6 is 0 Å². The fourth-order valence-electron chi connectivity index (χ4n) is 2.98. The van der Waals surface area contributed by atoms with Crippen LogP contribution in [0.2, 0.25) is 0 Å². The van der Waals surface area contributed by atoms with E-state index in [1.54, 1.807) is 12.1 Å². The van der Waals surface area contributed by atoms with E-state index in [4.69, 9.17) is 11.2 Å². The molecule has 0 aliphatic heterocycles. The Morgan fingerprint density at radius 3 is 2.83 bits per heavy atom. The third-order valence-corrected chi connectivity index (χ3v) is 4.48. The predicted molar refractivity (Wildman–Crippen MR) is 114 cm³/mol. The zero-order chi connectivity index (χ0) is 20.5. The number of nitrogens with zero attached hydrogens (tertiary/aromatic N) is 2. The maximum absolute atomic E-state index is 10.3. The van der Waals surface area contributed by atoms with Crippen LogP contribution in [0.4, 0.5) is 11.5 Å². The van der Waals surface area contributed by atoms with Gasteiger partial charge in [-0.05, 0) is 37.1 Å². The summed E-state index contributed by atoms with van der Waals surface area (Å²) in [5.74, 6) is 3.64. The number of hydrogen-bond donors (Lipinski definition) is 2. The van der Waals surface area contributed by atoms with Gasteiger partial charge >= 0.3 is 0 Å². The van der Waals surface area contributed by atoms with Gasteiger partial charge in [-0.2, -0.15) is 0 Å². The summed E-state index contributed by atoms with van der Waals surface area (Å²) in [7, 11) is 0. The van der Waals surface area contributed by atoms with Crippen molar-refractivity contribution >= 4 is 28.7 Å². The molecule has 3 rings (SSSR count). The Morgan fingerprint density at radius 1 is 1.14 bits per heavy atom. The van der Waals surface area contributed by atoms with E-state index < -0.39 is 0 Å². The molecule has 0 bridgehead atoms. The van der Waals surface area contributed by atoms with Crippen molar-refractivity contribution in [2.45, 2.75) is 32.1 Å². The van der Waals surface area contributed by atoms with Crippen LogP contribution in [0, 0.1) is 12.3 Å². The van der Waals surface area contributed by atoms with Crippen molar-refractivity contribution in [3.8, 4) is 23.8 Å². The van der Waals surface area contributed by atoms with Crippen molar-refractivity contribution in [3.05, 3.63) is 48.3 Å². The maximum atomic E-state index is 10.3. The molecule has 3 aromatic rings. The monoisotopic (exact) mass is 389 g/mol. The van der Waals surface area contributed by atoms with Gasteiger partial charge in [0.15, 0.2) is 11.5 Å². The fraction of sp³-hybridized carbons (Fsp3) is 0.261. The Balaban J connectivity index is 1.73. The molecular weight excluding hydrogens is 366 g/mol. The van der Waals surface area contributed by atoms with Gasteiger partial charge in [-0.15, -0.1) is 6.42 Å². The van der Waals surface area contributed by atoms with E-state index in [0.717, 1.165) is 48.6 Å². The normalized spacial score (nSPS) is 10.4. The highest BCUT2D eigenvalue weighted by Crippen LogP contribution is 2.34. The molecule has 0 aliphatic rings. The number of anilines is 2. The Hall–Kier alpha value is -3.59. The van der Waals surface area contributed by atoms with E-state index in [0.29, 0.717) is 30.1 Å². The lowest BCUT2D eigenvalue weighted by molar-refractivity contribution is -0.107. The number of rotatable bonds is 10. The van der Waals surface area contributed by atoms with Crippen LogP contribution in [0.5, 0.6) is 11.5 Å². The molecule has 0 saturated heterocycles. The van der Waals surface area contributed by atoms with Gasteiger partial charge < -0.3 is 20.0 Å². The number of carbonyl (C=O) groups excluding carboxylic acids is 1. The number of aromatic hydroxyl groups is 1. The largest absolute Gasteiger partial charge is 0.504 e. The first-order valence-corrected chi connectivity index (χ1v) is 9.59. The molecule has 2 aromatic carbocycles. The maximum Gasteiger partial charge on any atom is 0.161 e. The smallest absolute Gasteiger partial charge is 0.161 e. The molecular formula is C23H23N3O3. The average Bonchev–Trinajstić information content (AvgIpc) is 2.74. The number of hydrogen-bond acceptors (Lipinski definition) is 6. The number of fused-ring (bicyclic) bond motifs is 1. The van der Waals surface area contributed by atoms with E-state index in [1.807, 2.05) is 24.3 Å². The molecule has 2 N–H and O–H groups in total. The van der Waals surface area contributed by atoms with Crippen molar-refractivity contribution in [2.24, 2.45) is 0 Å². The number of aromatic nitrogens is 2. The van der Waals surface area contributed by atoms with Crippen LogP contribution in [0.1, 0.15) is 37.7 Å². The number of terminal acetylenes is 1. The molecule has 1 heterocycles. The molecule has 0 atom stereocenters. The number of ether oxygens (including phenoxy) is 1.